The molecule has 1 fully saturated rings. The summed E-state index contributed by atoms with van der Waals surface area (Å²) >= 11 is 3.45. The first-order chi connectivity index (χ1) is 9.67. The lowest BCUT2D eigenvalue weighted by Crippen LogP contribution is -2.45. The van der Waals surface area contributed by atoms with Crippen LogP contribution in [0.5, 0.6) is 11.5 Å². The summed E-state index contributed by atoms with van der Waals surface area (Å²) in [7, 11) is 1.54. The summed E-state index contributed by atoms with van der Waals surface area (Å²) in [6, 6.07) is 3.64. The number of aliphatic hydroxyl groups is 1. The van der Waals surface area contributed by atoms with E-state index in [1.54, 1.807) is 6.07 Å². The van der Waals surface area contributed by atoms with Gasteiger partial charge in [-0.25, -0.2) is 0 Å². The molecule has 6 heteroatoms. The summed E-state index contributed by atoms with van der Waals surface area (Å²) < 4.78 is 6.07. The van der Waals surface area contributed by atoms with Crippen LogP contribution in [0.15, 0.2) is 16.6 Å². The van der Waals surface area contributed by atoms with Gasteiger partial charge in [-0.05, 0) is 18.6 Å². The number of nitrogens with one attached hydrogen (secondary N) is 1. The molecule has 0 unspecified atom stereocenters. The summed E-state index contributed by atoms with van der Waals surface area (Å²) in [6.45, 7) is 3.74. The van der Waals surface area contributed by atoms with Gasteiger partial charge in [-0.3, -0.25) is 4.90 Å². The molecular formula is C14H21BrN2O3. The molecule has 1 heterocycles. The Kier molecular flexibility index (Phi) is 5.65. The third-order valence-electron chi connectivity index (χ3n) is 3.64. The predicted molar refractivity (Wildman–Crippen MR) is 81.2 cm³/mol. The highest BCUT2D eigenvalue weighted by molar-refractivity contribution is 9.10. The number of nitrogens with zero attached hydrogens (tertiary/aromatic N) is 1. The molecule has 0 radical (unpaired) electrons. The second-order valence-electron chi connectivity index (χ2n) is 4.86. The Labute approximate surface area is 127 Å². The summed E-state index contributed by atoms with van der Waals surface area (Å²) in [5.74, 6) is 0.611. The van der Waals surface area contributed by atoms with E-state index in [1.807, 2.05) is 6.07 Å². The molecular weight excluding hydrogens is 324 g/mol. The van der Waals surface area contributed by atoms with Crippen LogP contribution in [0.3, 0.4) is 0 Å². The number of aliphatic hydroxyl groups excluding tert-OH is 1. The number of phenolic OH excluding ortho intramolecular Hbond substituents is 1. The maximum Gasteiger partial charge on any atom is 0.162 e. The molecule has 1 aromatic rings. The van der Waals surface area contributed by atoms with Crippen LogP contribution in [0.2, 0.25) is 0 Å². The van der Waals surface area contributed by atoms with Gasteiger partial charge in [0.1, 0.15) is 0 Å². The minimum Gasteiger partial charge on any atom is -0.504 e. The third-order valence-corrected chi connectivity index (χ3v) is 4.10. The average Bonchev–Trinajstić information content (AvgIpc) is 2.48. The largest absolute Gasteiger partial charge is 0.504 e. The van der Waals surface area contributed by atoms with E-state index in [2.05, 4.69) is 26.1 Å². The predicted octanol–water partition coefficient (Wildman–Crippen LogP) is 1.49. The quantitative estimate of drug-likeness (QED) is 0.755. The Morgan fingerprint density at radius 2 is 2.10 bits per heavy atom. The zero-order valence-electron chi connectivity index (χ0n) is 11.6. The zero-order chi connectivity index (χ0) is 14.5. The van der Waals surface area contributed by atoms with Gasteiger partial charge >= 0.3 is 0 Å². The van der Waals surface area contributed by atoms with E-state index in [0.29, 0.717) is 12.2 Å². The van der Waals surface area contributed by atoms with E-state index < -0.39 is 0 Å². The SMILES string of the molecule is COc1cc(Br)cc([C@H](CCO)N2CCNCC2)c1O. The van der Waals surface area contributed by atoms with Crippen molar-refractivity contribution in [3.63, 3.8) is 0 Å². The van der Waals surface area contributed by atoms with Crippen LogP contribution in [0.25, 0.3) is 0 Å². The lowest BCUT2D eigenvalue weighted by Gasteiger charge is -2.35. The van der Waals surface area contributed by atoms with Gasteiger partial charge in [0.25, 0.3) is 0 Å². The van der Waals surface area contributed by atoms with Gasteiger partial charge in [0.05, 0.1) is 7.11 Å². The maximum absolute atomic E-state index is 10.4. The second-order valence-corrected chi connectivity index (χ2v) is 5.78. The van der Waals surface area contributed by atoms with Crippen molar-refractivity contribution in [2.75, 3.05) is 39.9 Å². The van der Waals surface area contributed by atoms with Gasteiger partial charge in [0.2, 0.25) is 0 Å². The fourth-order valence-electron chi connectivity index (χ4n) is 2.65. The van der Waals surface area contributed by atoms with Gasteiger partial charge < -0.3 is 20.3 Å². The Bertz CT molecular complexity index is 450. The van der Waals surface area contributed by atoms with Crippen LogP contribution in [-0.4, -0.2) is 55.0 Å². The number of aromatic hydroxyl groups is 1. The second kappa shape index (κ2) is 7.26. The van der Waals surface area contributed by atoms with E-state index >= 15 is 0 Å². The molecule has 1 aromatic carbocycles. The minimum absolute atomic E-state index is 0.00602. The minimum atomic E-state index is -0.00602. The summed E-state index contributed by atoms with van der Waals surface area (Å²) in [5.41, 5.74) is 0.798. The first kappa shape index (κ1) is 15.6. The van der Waals surface area contributed by atoms with Crippen molar-refractivity contribution < 1.29 is 14.9 Å². The molecule has 1 aliphatic heterocycles. The number of hydrogen-bond donors (Lipinski definition) is 3. The number of hydrogen-bond acceptors (Lipinski definition) is 5. The highest BCUT2D eigenvalue weighted by atomic mass is 79.9. The lowest BCUT2D eigenvalue weighted by atomic mass is 10.00. The van der Waals surface area contributed by atoms with Crippen molar-refractivity contribution >= 4 is 15.9 Å². The molecule has 1 atom stereocenters. The molecule has 2 rings (SSSR count). The first-order valence-corrected chi connectivity index (χ1v) is 7.58. The van der Waals surface area contributed by atoms with Crippen LogP contribution >= 0.6 is 15.9 Å². The van der Waals surface area contributed by atoms with E-state index in [9.17, 15) is 10.2 Å². The molecule has 1 saturated heterocycles. The first-order valence-electron chi connectivity index (χ1n) is 6.79. The summed E-state index contributed by atoms with van der Waals surface area (Å²) in [6.07, 6.45) is 0.590. The normalized spacial score (nSPS) is 17.9. The lowest BCUT2D eigenvalue weighted by molar-refractivity contribution is 0.138. The van der Waals surface area contributed by atoms with Gasteiger partial charge in [-0.15, -0.1) is 0 Å². The zero-order valence-corrected chi connectivity index (χ0v) is 13.2. The van der Waals surface area contributed by atoms with Gasteiger partial charge in [0.15, 0.2) is 11.5 Å². The molecule has 0 saturated carbocycles. The molecule has 5 nitrogen and oxygen atoms in total. The molecule has 1 aliphatic rings. The molecule has 0 aromatic heterocycles. The number of rotatable bonds is 5. The van der Waals surface area contributed by atoms with Crippen LogP contribution in [0.4, 0.5) is 0 Å². The number of halogens is 1. The Balaban J connectivity index is 2.35. The maximum atomic E-state index is 10.4. The van der Waals surface area contributed by atoms with Crippen molar-refractivity contribution in [1.82, 2.24) is 10.2 Å². The van der Waals surface area contributed by atoms with Gasteiger partial charge in [-0.1, -0.05) is 15.9 Å². The topological polar surface area (TPSA) is 65.0 Å². The Hall–Kier alpha value is -0.820. The molecule has 112 valence electrons. The monoisotopic (exact) mass is 344 g/mol. The van der Waals surface area contributed by atoms with Gasteiger partial charge in [0, 0.05) is 48.9 Å². The fraction of sp³-hybridized carbons (Fsp3) is 0.571. The van der Waals surface area contributed by atoms with E-state index in [-0.39, 0.29) is 18.4 Å². The van der Waals surface area contributed by atoms with Crippen LogP contribution < -0.4 is 10.1 Å². The molecule has 3 N–H and O–H groups in total. The summed E-state index contributed by atoms with van der Waals surface area (Å²) in [5, 5.41) is 23.0. The van der Waals surface area contributed by atoms with Crippen LogP contribution in [0, 0.1) is 0 Å². The number of phenols is 1. The number of benzene rings is 1. The van der Waals surface area contributed by atoms with Crippen molar-refractivity contribution in [3.05, 3.63) is 22.2 Å². The van der Waals surface area contributed by atoms with Crippen molar-refractivity contribution in [2.24, 2.45) is 0 Å². The molecule has 0 aliphatic carbocycles. The van der Waals surface area contributed by atoms with Crippen LogP contribution in [0.1, 0.15) is 18.0 Å². The Morgan fingerprint density at radius 1 is 1.40 bits per heavy atom. The molecule has 20 heavy (non-hydrogen) atoms. The summed E-state index contributed by atoms with van der Waals surface area (Å²) in [4.78, 5) is 2.29. The molecule has 0 bridgehead atoms. The fourth-order valence-corrected chi connectivity index (χ4v) is 3.11. The van der Waals surface area contributed by atoms with E-state index in [4.69, 9.17) is 4.74 Å². The van der Waals surface area contributed by atoms with Crippen molar-refractivity contribution in [2.45, 2.75) is 12.5 Å². The smallest absolute Gasteiger partial charge is 0.162 e. The highest BCUT2D eigenvalue weighted by Gasteiger charge is 2.25. The Morgan fingerprint density at radius 3 is 2.70 bits per heavy atom. The van der Waals surface area contributed by atoms with Crippen LogP contribution in [-0.2, 0) is 0 Å². The van der Waals surface area contributed by atoms with Crippen molar-refractivity contribution in [1.29, 1.82) is 0 Å². The third kappa shape index (κ3) is 3.44. The standard InChI is InChI=1S/C14H21BrN2O3/c1-20-13-9-10(15)8-11(14(13)19)12(2-7-18)17-5-3-16-4-6-17/h8-9,12,16,18-19H,2-7H2,1H3/t12-/m0/s1. The van der Waals surface area contributed by atoms with Gasteiger partial charge in [-0.2, -0.15) is 0 Å². The highest BCUT2D eigenvalue weighted by Crippen LogP contribution is 2.40. The number of piperazine rings is 1. The number of ether oxygens (including phenoxy) is 1. The van der Waals surface area contributed by atoms with E-state index in [0.717, 1.165) is 36.2 Å². The van der Waals surface area contributed by atoms with E-state index in [1.165, 1.54) is 7.11 Å². The molecule has 0 spiro atoms. The average molecular weight is 345 g/mol. The van der Waals surface area contributed by atoms with Crippen molar-refractivity contribution in [3.8, 4) is 11.5 Å². The molecule has 0 amide bonds. The number of methoxy groups -OCH3 is 1.